The largest absolute Gasteiger partial charge is 0.444 e. The third kappa shape index (κ3) is 4.39. The fourth-order valence-corrected chi connectivity index (χ4v) is 3.74. The molecular weight excluding hydrogens is 350 g/mol. The number of nitrogens with one attached hydrogen (secondary N) is 1. The molecule has 1 saturated heterocycles. The van der Waals surface area contributed by atoms with E-state index in [0.29, 0.717) is 10.9 Å². The average Bonchev–Trinajstić information content (AvgIpc) is 2.53. The van der Waals surface area contributed by atoms with E-state index in [2.05, 4.69) is 22.1 Å². The number of fused-ring (bicyclic) bond motifs is 1. The number of nitrogens with zero attached hydrogens (tertiary/aromatic N) is 2. The minimum Gasteiger partial charge on any atom is -0.444 e. The molecule has 2 atom stereocenters. The number of carbonyl (C=O) groups is 1. The predicted octanol–water partition coefficient (Wildman–Crippen LogP) is 4.63. The molecule has 3 rings (SSSR count). The number of ether oxygens (including phenoxy) is 1. The molecule has 1 N–H and O–H groups in total. The van der Waals surface area contributed by atoms with Crippen LogP contribution in [0.15, 0.2) is 30.5 Å². The van der Waals surface area contributed by atoms with Crippen molar-refractivity contribution in [1.29, 1.82) is 0 Å². The first-order valence-electron chi connectivity index (χ1n) is 9.00. The maximum Gasteiger partial charge on any atom is 0.407 e. The average molecular weight is 376 g/mol. The Morgan fingerprint density at radius 1 is 1.31 bits per heavy atom. The summed E-state index contributed by atoms with van der Waals surface area (Å²) < 4.78 is 5.41. The molecule has 140 valence electrons. The van der Waals surface area contributed by atoms with Crippen molar-refractivity contribution in [1.82, 2.24) is 10.3 Å². The van der Waals surface area contributed by atoms with Crippen molar-refractivity contribution in [2.45, 2.75) is 45.8 Å². The van der Waals surface area contributed by atoms with Crippen LogP contribution in [0, 0.1) is 5.92 Å². The third-order valence-corrected chi connectivity index (χ3v) is 4.72. The molecule has 0 radical (unpaired) electrons. The number of anilines is 1. The smallest absolute Gasteiger partial charge is 0.407 e. The summed E-state index contributed by atoms with van der Waals surface area (Å²) in [5.74, 6) is 0.450. The van der Waals surface area contributed by atoms with Gasteiger partial charge >= 0.3 is 6.09 Å². The van der Waals surface area contributed by atoms with Crippen LogP contribution < -0.4 is 10.2 Å². The van der Waals surface area contributed by atoms with Crippen LogP contribution in [0.1, 0.15) is 34.1 Å². The van der Waals surface area contributed by atoms with Gasteiger partial charge in [0.05, 0.1) is 10.5 Å². The summed E-state index contributed by atoms with van der Waals surface area (Å²) in [5.41, 5.74) is 1.41. The van der Waals surface area contributed by atoms with Crippen LogP contribution in [0.4, 0.5) is 10.5 Å². The number of benzene rings is 1. The zero-order chi connectivity index (χ0) is 18.9. The highest BCUT2D eigenvalue weighted by molar-refractivity contribution is 6.35. The van der Waals surface area contributed by atoms with Crippen LogP contribution in [0.25, 0.3) is 10.9 Å². The number of hydrogen-bond donors (Lipinski definition) is 1. The Hall–Kier alpha value is -2.01. The molecule has 2 heterocycles. The first kappa shape index (κ1) is 18.8. The maximum absolute atomic E-state index is 12.2. The molecule has 1 aromatic heterocycles. The van der Waals surface area contributed by atoms with Gasteiger partial charge in [-0.05, 0) is 57.4 Å². The zero-order valence-corrected chi connectivity index (χ0v) is 16.5. The van der Waals surface area contributed by atoms with E-state index in [1.54, 1.807) is 6.20 Å². The second-order valence-corrected chi connectivity index (χ2v) is 8.46. The van der Waals surface area contributed by atoms with E-state index in [0.717, 1.165) is 36.1 Å². The third-order valence-electron chi connectivity index (χ3n) is 4.42. The molecule has 1 amide bonds. The summed E-state index contributed by atoms with van der Waals surface area (Å²) in [6.07, 6.45) is 2.32. The topological polar surface area (TPSA) is 54.5 Å². The van der Waals surface area contributed by atoms with Crippen molar-refractivity contribution in [3.05, 3.63) is 35.5 Å². The van der Waals surface area contributed by atoms with Crippen LogP contribution in [0.2, 0.25) is 5.02 Å². The van der Waals surface area contributed by atoms with Gasteiger partial charge in [-0.25, -0.2) is 4.79 Å². The van der Waals surface area contributed by atoms with Gasteiger partial charge in [-0.2, -0.15) is 0 Å². The van der Waals surface area contributed by atoms with E-state index in [4.69, 9.17) is 16.3 Å². The lowest BCUT2D eigenvalue weighted by atomic mass is 9.95. The normalized spacial score (nSPS) is 20.9. The number of alkyl carbamates (subject to hydrolysis) is 1. The second-order valence-electron chi connectivity index (χ2n) is 8.06. The fraction of sp³-hybridized carbons (Fsp3) is 0.500. The van der Waals surface area contributed by atoms with E-state index < -0.39 is 5.60 Å². The summed E-state index contributed by atoms with van der Waals surface area (Å²) in [4.78, 5) is 18.9. The number of amides is 1. The van der Waals surface area contributed by atoms with Gasteiger partial charge in [0.25, 0.3) is 0 Å². The highest BCUT2D eigenvalue weighted by Crippen LogP contribution is 2.33. The highest BCUT2D eigenvalue weighted by atomic mass is 35.5. The second kappa shape index (κ2) is 7.31. The van der Waals surface area contributed by atoms with Gasteiger partial charge < -0.3 is 15.0 Å². The van der Waals surface area contributed by atoms with Gasteiger partial charge in [-0.3, -0.25) is 4.98 Å². The van der Waals surface area contributed by atoms with E-state index in [-0.39, 0.29) is 12.1 Å². The van der Waals surface area contributed by atoms with Crippen molar-refractivity contribution in [3.63, 3.8) is 0 Å². The predicted molar refractivity (Wildman–Crippen MR) is 106 cm³/mol. The minimum atomic E-state index is -0.498. The SMILES string of the molecule is CC1CC(NC(=O)OC(C)(C)C)CN(c2ccc(Cl)c3ncccc23)C1. The van der Waals surface area contributed by atoms with Gasteiger partial charge in [0.15, 0.2) is 0 Å². The molecule has 1 aromatic carbocycles. The summed E-state index contributed by atoms with van der Waals surface area (Å²) >= 11 is 6.30. The molecule has 0 spiro atoms. The molecule has 1 fully saturated rings. The molecule has 5 nitrogen and oxygen atoms in total. The first-order valence-corrected chi connectivity index (χ1v) is 9.38. The monoisotopic (exact) mass is 375 g/mol. The molecule has 2 aromatic rings. The molecule has 1 aliphatic rings. The molecule has 0 aliphatic carbocycles. The Bertz CT molecular complexity index is 803. The van der Waals surface area contributed by atoms with Crippen molar-refractivity contribution < 1.29 is 9.53 Å². The van der Waals surface area contributed by atoms with Gasteiger partial charge in [0.1, 0.15) is 5.60 Å². The number of pyridine rings is 1. The Labute approximate surface area is 159 Å². The number of aromatic nitrogens is 1. The van der Waals surface area contributed by atoms with E-state index in [1.807, 2.05) is 45.0 Å². The van der Waals surface area contributed by atoms with Crippen molar-refractivity contribution in [3.8, 4) is 0 Å². The molecule has 26 heavy (non-hydrogen) atoms. The summed E-state index contributed by atoms with van der Waals surface area (Å²) in [6.45, 7) is 9.47. The van der Waals surface area contributed by atoms with Crippen LogP contribution in [-0.4, -0.2) is 35.8 Å². The molecule has 2 unspecified atom stereocenters. The summed E-state index contributed by atoms with van der Waals surface area (Å²) in [7, 11) is 0. The van der Waals surface area contributed by atoms with E-state index in [9.17, 15) is 4.79 Å². The molecule has 0 saturated carbocycles. The van der Waals surface area contributed by atoms with Crippen LogP contribution in [-0.2, 0) is 4.74 Å². The maximum atomic E-state index is 12.2. The standard InChI is InChI=1S/C20H26ClN3O2/c1-13-10-14(23-19(25)26-20(2,3)4)12-24(11-13)17-8-7-16(21)18-15(17)6-5-9-22-18/h5-9,13-14H,10-12H2,1-4H3,(H,23,25). The fourth-order valence-electron chi connectivity index (χ4n) is 3.53. The minimum absolute atomic E-state index is 0.0380. The Kier molecular flexibility index (Phi) is 5.28. The molecule has 0 bridgehead atoms. The Morgan fingerprint density at radius 3 is 2.81 bits per heavy atom. The molecular formula is C20H26ClN3O2. The van der Waals surface area contributed by atoms with Gasteiger partial charge in [0, 0.05) is 36.4 Å². The lowest BCUT2D eigenvalue weighted by molar-refractivity contribution is 0.0495. The van der Waals surface area contributed by atoms with E-state index >= 15 is 0 Å². The van der Waals surface area contributed by atoms with E-state index in [1.165, 1.54) is 0 Å². The first-order chi connectivity index (χ1) is 12.2. The van der Waals surface area contributed by atoms with Gasteiger partial charge in [-0.1, -0.05) is 18.5 Å². The van der Waals surface area contributed by atoms with Gasteiger partial charge in [-0.15, -0.1) is 0 Å². The quantitative estimate of drug-likeness (QED) is 0.831. The number of rotatable bonds is 2. The highest BCUT2D eigenvalue weighted by Gasteiger charge is 2.28. The van der Waals surface area contributed by atoms with Crippen molar-refractivity contribution >= 4 is 34.3 Å². The summed E-state index contributed by atoms with van der Waals surface area (Å²) in [6, 6.07) is 7.93. The van der Waals surface area contributed by atoms with Crippen LogP contribution >= 0.6 is 11.6 Å². The Balaban J connectivity index is 1.81. The van der Waals surface area contributed by atoms with Crippen molar-refractivity contribution in [2.75, 3.05) is 18.0 Å². The number of hydrogen-bond acceptors (Lipinski definition) is 4. The van der Waals surface area contributed by atoms with Crippen LogP contribution in [0.5, 0.6) is 0 Å². The Morgan fingerprint density at radius 2 is 2.08 bits per heavy atom. The lowest BCUT2D eigenvalue weighted by Gasteiger charge is -2.38. The number of carbonyl (C=O) groups excluding carboxylic acids is 1. The number of halogens is 1. The van der Waals surface area contributed by atoms with Crippen LogP contribution in [0.3, 0.4) is 0 Å². The zero-order valence-electron chi connectivity index (χ0n) is 15.8. The lowest BCUT2D eigenvalue weighted by Crippen LogP contribution is -2.51. The molecule has 1 aliphatic heterocycles. The summed E-state index contributed by atoms with van der Waals surface area (Å²) in [5, 5.41) is 4.70. The van der Waals surface area contributed by atoms with Gasteiger partial charge in [0.2, 0.25) is 0 Å². The van der Waals surface area contributed by atoms with Crippen molar-refractivity contribution in [2.24, 2.45) is 5.92 Å². The number of piperidine rings is 1. The molecule has 6 heteroatoms.